The van der Waals surface area contributed by atoms with E-state index in [4.69, 9.17) is 5.11 Å². The molecule has 1 aromatic heterocycles. The highest BCUT2D eigenvalue weighted by Crippen LogP contribution is 2.37. The molecule has 0 spiro atoms. The number of hydrogen-bond acceptors (Lipinski definition) is 3. The van der Waals surface area contributed by atoms with Gasteiger partial charge in [-0.05, 0) is 34.5 Å². The van der Waals surface area contributed by atoms with Crippen LogP contribution in [-0.2, 0) is 0 Å². The Hall–Kier alpha value is -0.720. The van der Waals surface area contributed by atoms with Crippen LogP contribution in [0.4, 0.5) is 0 Å². The zero-order chi connectivity index (χ0) is 12.6. The molecule has 3 nitrogen and oxygen atoms in total. The summed E-state index contributed by atoms with van der Waals surface area (Å²) in [6.07, 6.45) is 0. The third-order valence-electron chi connectivity index (χ3n) is 2.17. The minimum atomic E-state index is -1.02. The summed E-state index contributed by atoms with van der Waals surface area (Å²) < 4.78 is 1.44. The van der Waals surface area contributed by atoms with Crippen molar-refractivity contribution in [3.8, 4) is 10.4 Å². The Kier molecular flexibility index (Phi) is 3.65. The van der Waals surface area contributed by atoms with Crippen molar-refractivity contribution < 1.29 is 9.90 Å². The van der Waals surface area contributed by atoms with E-state index in [0.717, 1.165) is 15.6 Å². The number of carboxylic acid groups (broad SMARTS) is 1. The summed E-state index contributed by atoms with van der Waals surface area (Å²) in [5, 5.41) is 9.09. The molecule has 6 heteroatoms. The molecule has 2 aromatic rings. The molecule has 1 aromatic carbocycles. The number of halogens is 2. The van der Waals surface area contributed by atoms with Crippen molar-refractivity contribution in [2.24, 2.45) is 0 Å². The number of nitrogens with zero attached hydrogens (tertiary/aromatic N) is 1. The summed E-state index contributed by atoms with van der Waals surface area (Å²) in [7, 11) is 0. The van der Waals surface area contributed by atoms with Crippen LogP contribution < -0.4 is 0 Å². The zero-order valence-corrected chi connectivity index (χ0v) is 12.7. The number of benzene rings is 1. The van der Waals surface area contributed by atoms with Gasteiger partial charge in [-0.2, -0.15) is 0 Å². The molecule has 0 radical (unpaired) electrons. The SMILES string of the molecule is Cc1ccc(-c2sc(Br)nc2C(=O)O)c(Br)c1. The standard InChI is InChI=1S/C11H7Br2NO2S/c1-5-2-3-6(7(12)4-5)9-8(10(15)16)14-11(13)17-9/h2-4H,1H3,(H,15,16). The van der Waals surface area contributed by atoms with Crippen molar-refractivity contribution in [2.75, 3.05) is 0 Å². The van der Waals surface area contributed by atoms with Crippen LogP contribution in [0.15, 0.2) is 26.6 Å². The molecular formula is C11H7Br2NO2S. The van der Waals surface area contributed by atoms with E-state index in [9.17, 15) is 4.79 Å². The van der Waals surface area contributed by atoms with Gasteiger partial charge in [0.05, 0.1) is 4.88 Å². The first-order chi connectivity index (χ1) is 7.99. The van der Waals surface area contributed by atoms with Gasteiger partial charge in [0.25, 0.3) is 0 Å². The monoisotopic (exact) mass is 375 g/mol. The Morgan fingerprint density at radius 1 is 1.41 bits per heavy atom. The quantitative estimate of drug-likeness (QED) is 0.847. The van der Waals surface area contributed by atoms with E-state index < -0.39 is 5.97 Å². The molecule has 0 saturated heterocycles. The van der Waals surface area contributed by atoms with Crippen LogP contribution in [0.3, 0.4) is 0 Å². The molecule has 0 bridgehead atoms. The number of rotatable bonds is 2. The molecule has 17 heavy (non-hydrogen) atoms. The lowest BCUT2D eigenvalue weighted by molar-refractivity contribution is 0.0692. The summed E-state index contributed by atoms with van der Waals surface area (Å²) in [6.45, 7) is 1.98. The number of aromatic nitrogens is 1. The van der Waals surface area contributed by atoms with Crippen LogP contribution in [-0.4, -0.2) is 16.1 Å². The molecule has 1 heterocycles. The molecule has 0 amide bonds. The predicted octanol–water partition coefficient (Wildman–Crippen LogP) is 4.34. The molecular weight excluding hydrogens is 370 g/mol. The Bertz CT molecular complexity index is 595. The lowest BCUT2D eigenvalue weighted by atomic mass is 10.1. The molecule has 0 aliphatic heterocycles. The Morgan fingerprint density at radius 2 is 2.12 bits per heavy atom. The molecule has 88 valence electrons. The average Bonchev–Trinajstić information content (AvgIpc) is 2.60. The maximum atomic E-state index is 11.1. The van der Waals surface area contributed by atoms with E-state index in [1.807, 2.05) is 25.1 Å². The smallest absolute Gasteiger partial charge is 0.356 e. The number of carbonyl (C=O) groups is 1. The van der Waals surface area contributed by atoms with E-state index >= 15 is 0 Å². The Morgan fingerprint density at radius 3 is 2.71 bits per heavy atom. The first kappa shape index (κ1) is 12.7. The molecule has 0 unspecified atom stereocenters. The second-order valence-electron chi connectivity index (χ2n) is 3.43. The molecule has 0 atom stereocenters. The summed E-state index contributed by atoms with van der Waals surface area (Å²) >= 11 is 7.97. The Labute approximate surface area is 119 Å². The summed E-state index contributed by atoms with van der Waals surface area (Å²) in [6, 6.07) is 5.79. The van der Waals surface area contributed by atoms with Crippen molar-refractivity contribution in [2.45, 2.75) is 6.92 Å². The number of thiazole rings is 1. The fourth-order valence-electron chi connectivity index (χ4n) is 1.43. The molecule has 0 fully saturated rings. The lowest BCUT2D eigenvalue weighted by Gasteiger charge is -2.03. The van der Waals surface area contributed by atoms with Gasteiger partial charge in [0.2, 0.25) is 0 Å². The van der Waals surface area contributed by atoms with Crippen molar-refractivity contribution in [3.63, 3.8) is 0 Å². The van der Waals surface area contributed by atoms with E-state index in [-0.39, 0.29) is 5.69 Å². The van der Waals surface area contributed by atoms with Gasteiger partial charge >= 0.3 is 5.97 Å². The van der Waals surface area contributed by atoms with Crippen molar-refractivity contribution in [3.05, 3.63) is 37.8 Å². The van der Waals surface area contributed by atoms with E-state index in [1.54, 1.807) is 0 Å². The minimum Gasteiger partial charge on any atom is -0.476 e. The van der Waals surface area contributed by atoms with Gasteiger partial charge < -0.3 is 5.11 Å². The molecule has 1 N–H and O–H groups in total. The van der Waals surface area contributed by atoms with Gasteiger partial charge in [0.1, 0.15) is 0 Å². The first-order valence-corrected chi connectivity index (χ1v) is 7.05. The van der Waals surface area contributed by atoms with Crippen LogP contribution in [0.1, 0.15) is 16.1 Å². The van der Waals surface area contributed by atoms with Gasteiger partial charge in [-0.25, -0.2) is 9.78 Å². The topological polar surface area (TPSA) is 50.2 Å². The van der Waals surface area contributed by atoms with E-state index in [0.29, 0.717) is 8.79 Å². The maximum absolute atomic E-state index is 11.1. The predicted molar refractivity (Wildman–Crippen MR) is 74.6 cm³/mol. The van der Waals surface area contributed by atoms with E-state index in [2.05, 4.69) is 36.8 Å². The second kappa shape index (κ2) is 4.88. The van der Waals surface area contributed by atoms with Crippen LogP contribution in [0.25, 0.3) is 10.4 Å². The highest BCUT2D eigenvalue weighted by molar-refractivity contribution is 9.11. The third kappa shape index (κ3) is 2.59. The van der Waals surface area contributed by atoms with Gasteiger partial charge in [0, 0.05) is 10.0 Å². The van der Waals surface area contributed by atoms with Gasteiger partial charge in [0.15, 0.2) is 9.61 Å². The number of carboxylic acids is 1. The summed E-state index contributed by atoms with van der Waals surface area (Å²) in [4.78, 5) is 15.7. The first-order valence-electron chi connectivity index (χ1n) is 4.65. The highest BCUT2D eigenvalue weighted by Gasteiger charge is 2.19. The summed E-state index contributed by atoms with van der Waals surface area (Å²) in [5.41, 5.74) is 2.03. The molecule has 2 rings (SSSR count). The van der Waals surface area contributed by atoms with Crippen LogP contribution in [0.5, 0.6) is 0 Å². The van der Waals surface area contributed by atoms with E-state index in [1.165, 1.54) is 11.3 Å². The molecule has 0 saturated carbocycles. The highest BCUT2D eigenvalue weighted by atomic mass is 79.9. The average molecular weight is 377 g/mol. The number of hydrogen-bond donors (Lipinski definition) is 1. The third-order valence-corrected chi connectivity index (χ3v) is 4.37. The largest absolute Gasteiger partial charge is 0.476 e. The number of aryl methyl sites for hydroxylation is 1. The zero-order valence-electron chi connectivity index (χ0n) is 8.70. The van der Waals surface area contributed by atoms with Crippen molar-refractivity contribution in [1.82, 2.24) is 4.98 Å². The normalized spacial score (nSPS) is 10.5. The Balaban J connectivity index is 2.63. The van der Waals surface area contributed by atoms with Crippen LogP contribution in [0.2, 0.25) is 0 Å². The summed E-state index contributed by atoms with van der Waals surface area (Å²) in [5.74, 6) is -1.02. The molecule has 0 aliphatic rings. The maximum Gasteiger partial charge on any atom is 0.356 e. The van der Waals surface area contributed by atoms with Gasteiger partial charge in [-0.15, -0.1) is 11.3 Å². The van der Waals surface area contributed by atoms with Crippen LogP contribution in [0, 0.1) is 6.92 Å². The lowest BCUT2D eigenvalue weighted by Crippen LogP contribution is -1.98. The fourth-order valence-corrected chi connectivity index (χ4v) is 3.73. The second-order valence-corrected chi connectivity index (χ2v) is 6.56. The van der Waals surface area contributed by atoms with Crippen molar-refractivity contribution >= 4 is 49.2 Å². The number of aromatic carboxylic acids is 1. The van der Waals surface area contributed by atoms with Gasteiger partial charge in [-0.1, -0.05) is 28.1 Å². The fraction of sp³-hybridized carbons (Fsp3) is 0.0909. The van der Waals surface area contributed by atoms with Crippen LogP contribution >= 0.6 is 43.2 Å². The van der Waals surface area contributed by atoms with Gasteiger partial charge in [-0.3, -0.25) is 0 Å². The minimum absolute atomic E-state index is 0.0754. The van der Waals surface area contributed by atoms with Crippen molar-refractivity contribution in [1.29, 1.82) is 0 Å². The molecule has 0 aliphatic carbocycles.